The molecule has 124 valence electrons. The van der Waals surface area contributed by atoms with Crippen LogP contribution in [0.4, 0.5) is 0 Å². The third-order valence-electron chi connectivity index (χ3n) is 4.37. The number of tetrazole rings is 1. The lowest BCUT2D eigenvalue weighted by atomic mass is 10.0. The zero-order valence-electron chi connectivity index (χ0n) is 13.2. The Hall–Kier alpha value is -2.55. The van der Waals surface area contributed by atoms with Gasteiger partial charge in [0.25, 0.3) is 5.91 Å². The summed E-state index contributed by atoms with van der Waals surface area (Å²) >= 11 is 1.42. The number of carbonyl (C=O) groups excluding carboxylic acids is 1. The highest BCUT2D eigenvalue weighted by Crippen LogP contribution is 2.27. The highest BCUT2D eigenvalue weighted by molar-refractivity contribution is 7.12. The van der Waals surface area contributed by atoms with Gasteiger partial charge in [-0.15, -0.1) is 16.4 Å². The number of rotatable bonds is 3. The van der Waals surface area contributed by atoms with Crippen LogP contribution in [0, 0.1) is 6.92 Å². The van der Waals surface area contributed by atoms with E-state index in [4.69, 9.17) is 0 Å². The molecule has 0 unspecified atom stereocenters. The van der Waals surface area contributed by atoms with E-state index in [9.17, 15) is 4.79 Å². The number of aromatic nitrogens is 6. The van der Waals surface area contributed by atoms with Gasteiger partial charge in [-0.05, 0) is 41.6 Å². The lowest BCUT2D eigenvalue weighted by Gasteiger charge is -2.33. The Balaban J connectivity index is 1.57. The Bertz CT molecular complexity index is 838. The van der Waals surface area contributed by atoms with Crippen molar-refractivity contribution in [2.75, 3.05) is 13.1 Å². The molecule has 4 heterocycles. The first kappa shape index (κ1) is 15.0. The van der Waals surface area contributed by atoms with Crippen molar-refractivity contribution in [1.29, 1.82) is 0 Å². The predicted molar refractivity (Wildman–Crippen MR) is 88.2 cm³/mol. The summed E-state index contributed by atoms with van der Waals surface area (Å²) in [4.78, 5) is 19.9. The fourth-order valence-electron chi connectivity index (χ4n) is 3.20. The second-order valence-corrected chi connectivity index (χ2v) is 6.73. The minimum atomic E-state index is 0.0398. The van der Waals surface area contributed by atoms with Crippen LogP contribution in [0.25, 0.3) is 5.69 Å². The van der Waals surface area contributed by atoms with Gasteiger partial charge in [-0.1, -0.05) is 0 Å². The molecule has 1 aliphatic heterocycles. The van der Waals surface area contributed by atoms with Crippen molar-refractivity contribution < 1.29 is 4.79 Å². The van der Waals surface area contributed by atoms with Crippen molar-refractivity contribution in [2.45, 2.75) is 25.8 Å². The summed E-state index contributed by atoms with van der Waals surface area (Å²) in [5.41, 5.74) is 0.732. The molecule has 3 aromatic rings. The monoisotopic (exact) mass is 343 g/mol. The van der Waals surface area contributed by atoms with Crippen LogP contribution in [-0.2, 0) is 0 Å². The molecule has 0 saturated carbocycles. The van der Waals surface area contributed by atoms with E-state index in [0.717, 1.165) is 30.9 Å². The van der Waals surface area contributed by atoms with E-state index in [1.165, 1.54) is 22.3 Å². The van der Waals surface area contributed by atoms with E-state index in [1.54, 1.807) is 0 Å². The molecule has 1 atom stereocenters. The third kappa shape index (κ3) is 2.60. The zero-order chi connectivity index (χ0) is 16.5. The van der Waals surface area contributed by atoms with Crippen LogP contribution in [0.3, 0.4) is 0 Å². The van der Waals surface area contributed by atoms with Crippen molar-refractivity contribution >= 4 is 17.2 Å². The van der Waals surface area contributed by atoms with Gasteiger partial charge >= 0.3 is 0 Å². The van der Waals surface area contributed by atoms with Gasteiger partial charge in [-0.3, -0.25) is 4.79 Å². The Kier molecular flexibility index (Phi) is 3.85. The van der Waals surface area contributed by atoms with Gasteiger partial charge in [0, 0.05) is 25.5 Å². The first-order chi connectivity index (χ1) is 11.7. The number of imidazole rings is 1. The average Bonchev–Trinajstić information content (AvgIpc) is 3.34. The molecule has 9 heteroatoms. The normalized spacial score (nSPS) is 18.0. The Labute approximate surface area is 142 Å². The maximum atomic E-state index is 13.0. The number of nitrogens with zero attached hydrogens (tertiary/aromatic N) is 7. The number of thiophene rings is 1. The first-order valence-corrected chi connectivity index (χ1v) is 8.71. The number of likely N-dealkylation sites (tertiary alicyclic amines) is 1. The summed E-state index contributed by atoms with van der Waals surface area (Å²) in [5, 5.41) is 13.1. The predicted octanol–water partition coefficient (Wildman–Crippen LogP) is 1.71. The lowest BCUT2D eigenvalue weighted by molar-refractivity contribution is 0.0683. The van der Waals surface area contributed by atoms with Crippen molar-refractivity contribution in [3.8, 4) is 5.69 Å². The van der Waals surface area contributed by atoms with Crippen LogP contribution in [0.1, 0.15) is 34.4 Å². The minimum Gasteiger partial charge on any atom is -0.336 e. The van der Waals surface area contributed by atoms with Crippen LogP contribution >= 0.6 is 11.3 Å². The molecule has 1 aliphatic rings. The number of hydrogen-bond donors (Lipinski definition) is 0. The largest absolute Gasteiger partial charge is 0.336 e. The van der Waals surface area contributed by atoms with Crippen molar-refractivity contribution in [3.05, 3.63) is 40.9 Å². The summed E-state index contributed by atoms with van der Waals surface area (Å²) in [6, 6.07) is 2.15. The fourth-order valence-corrected chi connectivity index (χ4v) is 4.04. The highest BCUT2D eigenvalue weighted by atomic mass is 32.1. The van der Waals surface area contributed by atoms with Gasteiger partial charge < -0.3 is 9.47 Å². The molecular formula is C15H17N7OS. The van der Waals surface area contributed by atoms with Crippen LogP contribution in [0.15, 0.2) is 30.2 Å². The van der Waals surface area contributed by atoms with Crippen LogP contribution in [0.2, 0.25) is 0 Å². The van der Waals surface area contributed by atoms with E-state index in [1.807, 2.05) is 35.7 Å². The molecule has 0 spiro atoms. The second-order valence-electron chi connectivity index (χ2n) is 5.82. The molecule has 0 N–H and O–H groups in total. The quantitative estimate of drug-likeness (QED) is 0.723. The van der Waals surface area contributed by atoms with E-state index >= 15 is 0 Å². The minimum absolute atomic E-state index is 0.0398. The van der Waals surface area contributed by atoms with Crippen LogP contribution in [-0.4, -0.2) is 53.7 Å². The van der Waals surface area contributed by atoms with Gasteiger partial charge in [0.2, 0.25) is 0 Å². The Morgan fingerprint density at radius 2 is 2.33 bits per heavy atom. The molecular weight excluding hydrogens is 326 g/mol. The molecule has 1 amide bonds. The summed E-state index contributed by atoms with van der Waals surface area (Å²) < 4.78 is 3.70. The maximum Gasteiger partial charge on any atom is 0.266 e. The molecule has 24 heavy (non-hydrogen) atoms. The second kappa shape index (κ2) is 6.16. The van der Waals surface area contributed by atoms with Crippen molar-refractivity contribution in [2.24, 2.45) is 0 Å². The first-order valence-electron chi connectivity index (χ1n) is 7.83. The smallest absolute Gasteiger partial charge is 0.266 e. The molecule has 1 fully saturated rings. The molecule has 3 aromatic heterocycles. The summed E-state index contributed by atoms with van der Waals surface area (Å²) in [6.45, 7) is 3.47. The van der Waals surface area contributed by atoms with Gasteiger partial charge in [-0.2, -0.15) is 4.68 Å². The average molecular weight is 343 g/mol. The molecule has 0 radical (unpaired) electrons. The number of amides is 1. The molecule has 0 aromatic carbocycles. The van der Waals surface area contributed by atoms with Gasteiger partial charge in [-0.25, -0.2) is 4.98 Å². The van der Waals surface area contributed by atoms with Crippen molar-refractivity contribution in [3.63, 3.8) is 0 Å². The summed E-state index contributed by atoms with van der Waals surface area (Å²) in [7, 11) is 0. The molecule has 0 aliphatic carbocycles. The topological polar surface area (TPSA) is 81.7 Å². The van der Waals surface area contributed by atoms with Gasteiger partial charge in [0.15, 0.2) is 0 Å². The van der Waals surface area contributed by atoms with E-state index in [2.05, 4.69) is 25.1 Å². The number of carbonyl (C=O) groups is 1. The Morgan fingerprint density at radius 3 is 3.08 bits per heavy atom. The number of piperidine rings is 1. The SMILES string of the molecule is Cc1nccn1[C@H]1CCCN(C(=O)c2sccc2-n2cnnn2)C1. The maximum absolute atomic E-state index is 13.0. The highest BCUT2D eigenvalue weighted by Gasteiger charge is 2.28. The lowest BCUT2D eigenvalue weighted by Crippen LogP contribution is -2.40. The van der Waals surface area contributed by atoms with Crippen molar-refractivity contribution in [1.82, 2.24) is 34.7 Å². The van der Waals surface area contributed by atoms with E-state index < -0.39 is 0 Å². The molecule has 4 rings (SSSR count). The Morgan fingerprint density at radius 1 is 1.42 bits per heavy atom. The van der Waals surface area contributed by atoms with Gasteiger partial charge in [0.05, 0.1) is 11.7 Å². The van der Waals surface area contributed by atoms with Gasteiger partial charge in [0.1, 0.15) is 17.0 Å². The summed E-state index contributed by atoms with van der Waals surface area (Å²) in [6.07, 6.45) is 7.36. The molecule has 1 saturated heterocycles. The zero-order valence-corrected chi connectivity index (χ0v) is 14.1. The van der Waals surface area contributed by atoms with Crippen LogP contribution < -0.4 is 0 Å². The number of aryl methyl sites for hydroxylation is 1. The standard InChI is InChI=1S/C15H17N7OS/c1-11-16-5-7-21(11)12-3-2-6-20(9-12)15(23)14-13(4-8-24-14)22-10-17-18-19-22/h4-5,7-8,10,12H,2-3,6,9H2,1H3/t12-/m0/s1. The third-order valence-corrected chi connectivity index (χ3v) is 5.27. The fraction of sp³-hybridized carbons (Fsp3) is 0.400. The van der Waals surface area contributed by atoms with E-state index in [0.29, 0.717) is 11.4 Å². The molecule has 8 nitrogen and oxygen atoms in total. The van der Waals surface area contributed by atoms with Crippen LogP contribution in [0.5, 0.6) is 0 Å². The van der Waals surface area contributed by atoms with E-state index in [-0.39, 0.29) is 11.9 Å². The molecule has 0 bridgehead atoms. The number of hydrogen-bond acceptors (Lipinski definition) is 6. The summed E-state index contributed by atoms with van der Waals surface area (Å²) in [5.74, 6) is 1.03.